The van der Waals surface area contributed by atoms with E-state index in [-0.39, 0.29) is 10.9 Å². The number of ether oxygens (including phenoxy) is 2. The van der Waals surface area contributed by atoms with Crippen molar-refractivity contribution in [1.29, 1.82) is 0 Å². The van der Waals surface area contributed by atoms with Gasteiger partial charge in [-0.2, -0.15) is 0 Å². The summed E-state index contributed by atoms with van der Waals surface area (Å²) in [5.41, 5.74) is 6.12. The summed E-state index contributed by atoms with van der Waals surface area (Å²) in [5.74, 6) is -0.115. The van der Waals surface area contributed by atoms with Gasteiger partial charge in [0, 0.05) is 18.0 Å². The van der Waals surface area contributed by atoms with Crippen molar-refractivity contribution in [3.05, 3.63) is 41.3 Å². The first-order chi connectivity index (χ1) is 8.60. The fourth-order valence-electron chi connectivity index (χ4n) is 1.35. The van der Waals surface area contributed by atoms with Gasteiger partial charge in [0.25, 0.3) is 5.88 Å². The first-order valence-electron chi connectivity index (χ1n) is 5.02. The van der Waals surface area contributed by atoms with E-state index in [1.54, 1.807) is 18.2 Å². The number of pyridine rings is 1. The first kappa shape index (κ1) is 12.4. The van der Waals surface area contributed by atoms with Crippen molar-refractivity contribution >= 4 is 17.3 Å². The van der Waals surface area contributed by atoms with Crippen LogP contribution in [-0.2, 0) is 0 Å². The van der Waals surface area contributed by atoms with Crippen LogP contribution < -0.4 is 15.2 Å². The molecule has 1 aromatic carbocycles. The minimum atomic E-state index is -0.652. The number of benzene rings is 1. The SMILES string of the molecule is COc1cc(N)ccc1Oc1ncc(Cl)cc1F. The molecular weight excluding hydrogens is 259 g/mol. The summed E-state index contributed by atoms with van der Waals surface area (Å²) < 4.78 is 23.9. The second kappa shape index (κ2) is 5.10. The molecule has 0 aliphatic heterocycles. The second-order valence-corrected chi connectivity index (χ2v) is 3.89. The number of halogens is 2. The van der Waals surface area contributed by atoms with Crippen LogP contribution in [0.2, 0.25) is 5.02 Å². The Hall–Kier alpha value is -2.01. The van der Waals surface area contributed by atoms with Crippen LogP contribution in [-0.4, -0.2) is 12.1 Å². The van der Waals surface area contributed by atoms with E-state index in [1.807, 2.05) is 0 Å². The van der Waals surface area contributed by atoms with E-state index in [9.17, 15) is 4.39 Å². The number of anilines is 1. The predicted octanol–water partition coefficient (Wildman–Crippen LogP) is 3.26. The van der Waals surface area contributed by atoms with E-state index in [0.29, 0.717) is 17.2 Å². The molecule has 0 fully saturated rings. The highest BCUT2D eigenvalue weighted by Gasteiger charge is 2.11. The molecule has 1 aromatic heterocycles. The minimum Gasteiger partial charge on any atom is -0.493 e. The quantitative estimate of drug-likeness (QED) is 0.868. The van der Waals surface area contributed by atoms with Gasteiger partial charge in [-0.05, 0) is 18.2 Å². The van der Waals surface area contributed by atoms with E-state index in [1.165, 1.54) is 13.3 Å². The fourth-order valence-corrected chi connectivity index (χ4v) is 1.49. The Bertz CT molecular complexity index is 578. The largest absolute Gasteiger partial charge is 0.493 e. The normalized spacial score (nSPS) is 10.2. The first-order valence-corrected chi connectivity index (χ1v) is 5.40. The lowest BCUT2D eigenvalue weighted by Crippen LogP contribution is -1.96. The van der Waals surface area contributed by atoms with Crippen LogP contribution in [0.5, 0.6) is 17.4 Å². The number of nitrogens with two attached hydrogens (primary N) is 1. The van der Waals surface area contributed by atoms with Crippen molar-refractivity contribution in [3.8, 4) is 17.4 Å². The molecule has 2 rings (SSSR count). The molecule has 0 saturated carbocycles. The molecule has 0 saturated heterocycles. The van der Waals surface area contributed by atoms with Gasteiger partial charge in [0.2, 0.25) is 0 Å². The summed E-state index contributed by atoms with van der Waals surface area (Å²) in [6.45, 7) is 0. The van der Waals surface area contributed by atoms with Crippen LogP contribution in [0.25, 0.3) is 0 Å². The molecule has 94 valence electrons. The molecule has 0 aliphatic carbocycles. The summed E-state index contributed by atoms with van der Waals surface area (Å²) in [4.78, 5) is 3.75. The van der Waals surface area contributed by atoms with Crippen molar-refractivity contribution in [2.45, 2.75) is 0 Å². The number of hydrogen-bond donors (Lipinski definition) is 1. The maximum Gasteiger partial charge on any atom is 0.256 e. The maximum absolute atomic E-state index is 13.5. The minimum absolute atomic E-state index is 0.178. The summed E-state index contributed by atoms with van der Waals surface area (Å²) in [6, 6.07) is 5.88. The topological polar surface area (TPSA) is 57.4 Å². The van der Waals surface area contributed by atoms with E-state index in [0.717, 1.165) is 6.07 Å². The number of hydrogen-bond acceptors (Lipinski definition) is 4. The molecule has 0 atom stereocenters. The highest BCUT2D eigenvalue weighted by molar-refractivity contribution is 6.30. The Kier molecular flexibility index (Phi) is 3.53. The summed E-state index contributed by atoms with van der Waals surface area (Å²) in [7, 11) is 1.47. The number of nitrogens with zero attached hydrogens (tertiary/aromatic N) is 1. The van der Waals surface area contributed by atoms with Crippen LogP contribution in [0, 0.1) is 5.82 Å². The molecule has 0 unspecified atom stereocenters. The van der Waals surface area contributed by atoms with E-state index < -0.39 is 5.82 Å². The van der Waals surface area contributed by atoms with Gasteiger partial charge in [-0.3, -0.25) is 0 Å². The van der Waals surface area contributed by atoms with Crippen LogP contribution in [0.1, 0.15) is 0 Å². The number of nitrogen functional groups attached to an aromatic ring is 1. The Morgan fingerprint density at radius 1 is 1.28 bits per heavy atom. The molecule has 0 bridgehead atoms. The van der Waals surface area contributed by atoms with E-state index >= 15 is 0 Å². The Morgan fingerprint density at radius 3 is 2.72 bits per heavy atom. The monoisotopic (exact) mass is 268 g/mol. The average Bonchev–Trinajstić information content (AvgIpc) is 2.34. The third-order valence-electron chi connectivity index (χ3n) is 2.17. The van der Waals surface area contributed by atoms with Gasteiger partial charge >= 0.3 is 0 Å². The molecule has 18 heavy (non-hydrogen) atoms. The molecule has 0 radical (unpaired) electrons. The van der Waals surface area contributed by atoms with Crippen molar-refractivity contribution in [1.82, 2.24) is 4.98 Å². The van der Waals surface area contributed by atoms with E-state index in [4.69, 9.17) is 26.8 Å². The average molecular weight is 269 g/mol. The smallest absolute Gasteiger partial charge is 0.256 e. The predicted molar refractivity (Wildman–Crippen MR) is 66.7 cm³/mol. The van der Waals surface area contributed by atoms with Crippen molar-refractivity contribution < 1.29 is 13.9 Å². The fraction of sp³-hybridized carbons (Fsp3) is 0.0833. The van der Waals surface area contributed by atoms with Gasteiger partial charge in [0.1, 0.15) is 0 Å². The standard InChI is InChI=1S/C12H10ClFN2O2/c1-17-11-5-8(15)2-3-10(11)18-12-9(14)4-7(13)6-16-12/h2-6H,15H2,1H3. The highest BCUT2D eigenvalue weighted by Crippen LogP contribution is 2.33. The zero-order valence-corrected chi connectivity index (χ0v) is 10.2. The Balaban J connectivity index is 2.33. The lowest BCUT2D eigenvalue weighted by Gasteiger charge is -2.10. The van der Waals surface area contributed by atoms with Crippen LogP contribution in [0.4, 0.5) is 10.1 Å². The molecule has 6 heteroatoms. The molecule has 2 N–H and O–H groups in total. The van der Waals surface area contributed by atoms with Gasteiger partial charge in [0.15, 0.2) is 17.3 Å². The van der Waals surface area contributed by atoms with Crippen molar-refractivity contribution in [2.75, 3.05) is 12.8 Å². The Labute approximate surface area is 108 Å². The second-order valence-electron chi connectivity index (χ2n) is 3.45. The molecule has 1 heterocycles. The Morgan fingerprint density at radius 2 is 2.06 bits per heavy atom. The van der Waals surface area contributed by atoms with Crippen LogP contribution in [0.15, 0.2) is 30.5 Å². The van der Waals surface area contributed by atoms with E-state index in [2.05, 4.69) is 4.98 Å². The molecular formula is C12H10ClFN2O2. The van der Waals surface area contributed by atoms with Gasteiger partial charge in [-0.1, -0.05) is 11.6 Å². The van der Waals surface area contributed by atoms with Gasteiger partial charge < -0.3 is 15.2 Å². The van der Waals surface area contributed by atoms with Crippen LogP contribution in [0.3, 0.4) is 0 Å². The van der Waals surface area contributed by atoms with Gasteiger partial charge in [0.05, 0.1) is 12.1 Å². The van der Waals surface area contributed by atoms with Gasteiger partial charge in [-0.15, -0.1) is 0 Å². The molecule has 0 aliphatic rings. The zero-order chi connectivity index (χ0) is 13.1. The molecule has 0 amide bonds. The molecule has 4 nitrogen and oxygen atoms in total. The molecule has 2 aromatic rings. The summed E-state index contributed by atoms with van der Waals surface area (Å²) in [5, 5.41) is 0.198. The lowest BCUT2D eigenvalue weighted by molar-refractivity contribution is 0.364. The van der Waals surface area contributed by atoms with Gasteiger partial charge in [-0.25, -0.2) is 9.37 Å². The van der Waals surface area contributed by atoms with Crippen molar-refractivity contribution in [2.24, 2.45) is 0 Å². The number of methoxy groups -OCH3 is 1. The lowest BCUT2D eigenvalue weighted by atomic mass is 10.3. The zero-order valence-electron chi connectivity index (χ0n) is 9.48. The number of rotatable bonds is 3. The maximum atomic E-state index is 13.5. The molecule has 0 spiro atoms. The summed E-state index contributed by atoms with van der Waals surface area (Å²) >= 11 is 5.60. The number of aromatic nitrogens is 1. The van der Waals surface area contributed by atoms with Crippen molar-refractivity contribution in [3.63, 3.8) is 0 Å². The summed E-state index contributed by atoms with van der Waals surface area (Å²) in [6.07, 6.45) is 1.30. The highest BCUT2D eigenvalue weighted by atomic mass is 35.5. The van der Waals surface area contributed by atoms with Crippen LogP contribution >= 0.6 is 11.6 Å². The third-order valence-corrected chi connectivity index (χ3v) is 2.38. The third kappa shape index (κ3) is 2.62.